The Hall–Kier alpha value is -2.77. The van der Waals surface area contributed by atoms with Gasteiger partial charge >= 0.3 is 5.97 Å². The molecule has 1 atom stereocenters. The van der Waals surface area contributed by atoms with E-state index >= 15 is 0 Å². The van der Waals surface area contributed by atoms with Gasteiger partial charge in [0.25, 0.3) is 0 Å². The average Bonchev–Trinajstić information content (AvgIpc) is 2.94. The highest BCUT2D eigenvalue weighted by molar-refractivity contribution is 5.92. The zero-order chi connectivity index (χ0) is 15.7. The summed E-state index contributed by atoms with van der Waals surface area (Å²) >= 11 is 0. The van der Waals surface area contributed by atoms with E-state index in [2.05, 4.69) is 20.8 Å². The molecule has 1 aliphatic heterocycles. The van der Waals surface area contributed by atoms with Crippen LogP contribution in [0, 0.1) is 5.82 Å². The smallest absolute Gasteiger partial charge is 0.338 e. The predicted molar refractivity (Wildman–Crippen MR) is 75.3 cm³/mol. The molecular weight excluding hydrogens is 289 g/mol. The first-order valence-corrected chi connectivity index (χ1v) is 6.80. The molecule has 3 rings (SSSR count). The van der Waals surface area contributed by atoms with Gasteiger partial charge in [0.1, 0.15) is 11.9 Å². The van der Waals surface area contributed by atoms with Crippen molar-refractivity contribution in [2.24, 2.45) is 0 Å². The standard InChI is InChI=1S/C14H14FN5O2/c1-3-22-13(21)11-8(2)16-14-17-18-19-20(14)12(11)9-6-4-5-7-10(9)15/h4-7,12H,3H2,1-2H3,(H,16,17,19)/t12-/m1/s1. The highest BCUT2D eigenvalue weighted by Gasteiger charge is 2.36. The minimum Gasteiger partial charge on any atom is -0.463 e. The van der Waals surface area contributed by atoms with Gasteiger partial charge in [-0.2, -0.15) is 4.68 Å². The molecule has 0 radical (unpaired) electrons. The van der Waals surface area contributed by atoms with Crippen molar-refractivity contribution >= 4 is 11.9 Å². The van der Waals surface area contributed by atoms with Crippen molar-refractivity contribution in [2.75, 3.05) is 11.9 Å². The maximum absolute atomic E-state index is 14.2. The summed E-state index contributed by atoms with van der Waals surface area (Å²) in [6.07, 6.45) is 0. The normalized spacial score (nSPS) is 17.0. The number of hydrogen-bond donors (Lipinski definition) is 1. The molecular formula is C14H14FN5O2. The molecule has 0 saturated heterocycles. The molecule has 2 aromatic rings. The monoisotopic (exact) mass is 303 g/mol. The van der Waals surface area contributed by atoms with Crippen LogP contribution in [-0.4, -0.2) is 32.8 Å². The molecule has 0 fully saturated rings. The van der Waals surface area contributed by atoms with Crippen molar-refractivity contribution in [3.05, 3.63) is 46.9 Å². The van der Waals surface area contributed by atoms with Crippen LogP contribution in [0.3, 0.4) is 0 Å². The Balaban J connectivity index is 2.18. The van der Waals surface area contributed by atoms with Gasteiger partial charge < -0.3 is 10.1 Å². The van der Waals surface area contributed by atoms with Crippen LogP contribution < -0.4 is 5.32 Å². The summed E-state index contributed by atoms with van der Waals surface area (Å²) in [7, 11) is 0. The van der Waals surface area contributed by atoms with Crippen LogP contribution in [0.25, 0.3) is 0 Å². The third-order valence-corrected chi connectivity index (χ3v) is 3.41. The van der Waals surface area contributed by atoms with E-state index in [0.29, 0.717) is 17.2 Å². The summed E-state index contributed by atoms with van der Waals surface area (Å²) in [5, 5.41) is 14.2. The quantitative estimate of drug-likeness (QED) is 0.869. The zero-order valence-corrected chi connectivity index (χ0v) is 12.1. The van der Waals surface area contributed by atoms with Crippen LogP contribution in [0.1, 0.15) is 25.5 Å². The van der Waals surface area contributed by atoms with Gasteiger partial charge in [0, 0.05) is 11.3 Å². The number of ether oxygens (including phenoxy) is 1. The first-order chi connectivity index (χ1) is 10.6. The molecule has 0 spiro atoms. The van der Waals surface area contributed by atoms with E-state index in [4.69, 9.17) is 4.74 Å². The molecule has 0 amide bonds. The molecule has 0 aliphatic carbocycles. The van der Waals surface area contributed by atoms with Crippen molar-refractivity contribution in [3.8, 4) is 0 Å². The Morgan fingerprint density at radius 1 is 1.45 bits per heavy atom. The first-order valence-electron chi connectivity index (χ1n) is 6.80. The number of aromatic nitrogens is 4. The van der Waals surface area contributed by atoms with Crippen molar-refractivity contribution in [3.63, 3.8) is 0 Å². The SMILES string of the molecule is CCOC(=O)C1=C(C)Nc2nnnn2[C@@H]1c1ccccc1F. The molecule has 7 nitrogen and oxygen atoms in total. The third-order valence-electron chi connectivity index (χ3n) is 3.41. The number of halogens is 1. The van der Waals surface area contributed by atoms with Gasteiger partial charge in [-0.25, -0.2) is 9.18 Å². The summed E-state index contributed by atoms with van der Waals surface area (Å²) in [5.41, 5.74) is 1.13. The average molecular weight is 303 g/mol. The van der Waals surface area contributed by atoms with Crippen LogP contribution in [0.2, 0.25) is 0 Å². The van der Waals surface area contributed by atoms with Gasteiger partial charge in [-0.1, -0.05) is 23.3 Å². The van der Waals surface area contributed by atoms with E-state index in [1.807, 2.05) is 0 Å². The number of allylic oxidation sites excluding steroid dienone is 1. The minimum absolute atomic E-state index is 0.224. The Bertz CT molecular complexity index is 755. The molecule has 1 aromatic heterocycles. The number of tetrazole rings is 1. The Kier molecular flexibility index (Phi) is 3.58. The second-order valence-electron chi connectivity index (χ2n) is 4.76. The Morgan fingerprint density at radius 3 is 2.95 bits per heavy atom. The summed E-state index contributed by atoms with van der Waals surface area (Å²) in [4.78, 5) is 12.3. The molecule has 8 heteroatoms. The predicted octanol–water partition coefficient (Wildman–Crippen LogP) is 1.66. The number of carbonyl (C=O) groups excluding carboxylic acids is 1. The van der Waals surface area contributed by atoms with E-state index in [0.717, 1.165) is 0 Å². The molecule has 22 heavy (non-hydrogen) atoms. The van der Waals surface area contributed by atoms with Gasteiger partial charge in [0.2, 0.25) is 5.95 Å². The Morgan fingerprint density at radius 2 is 2.23 bits per heavy atom. The maximum atomic E-state index is 14.2. The van der Waals surface area contributed by atoms with E-state index in [1.165, 1.54) is 10.7 Å². The zero-order valence-electron chi connectivity index (χ0n) is 12.1. The van der Waals surface area contributed by atoms with Crippen LogP contribution in [0.15, 0.2) is 35.5 Å². The van der Waals surface area contributed by atoms with Crippen molar-refractivity contribution in [2.45, 2.75) is 19.9 Å². The Labute approximate surface area is 125 Å². The maximum Gasteiger partial charge on any atom is 0.338 e. The highest BCUT2D eigenvalue weighted by atomic mass is 19.1. The lowest BCUT2D eigenvalue weighted by Crippen LogP contribution is -2.30. The molecule has 1 aromatic carbocycles. The fourth-order valence-electron chi connectivity index (χ4n) is 2.47. The largest absolute Gasteiger partial charge is 0.463 e. The lowest BCUT2D eigenvalue weighted by molar-refractivity contribution is -0.139. The molecule has 0 saturated carbocycles. The number of hydrogen-bond acceptors (Lipinski definition) is 6. The molecule has 2 heterocycles. The number of carbonyl (C=O) groups is 1. The summed E-state index contributed by atoms with van der Waals surface area (Å²) < 4.78 is 20.7. The van der Waals surface area contributed by atoms with E-state index < -0.39 is 17.8 Å². The number of rotatable bonds is 3. The highest BCUT2D eigenvalue weighted by Crippen LogP contribution is 2.35. The van der Waals surface area contributed by atoms with Gasteiger partial charge in [0.15, 0.2) is 0 Å². The van der Waals surface area contributed by atoms with Gasteiger partial charge in [-0.15, -0.1) is 0 Å². The topological polar surface area (TPSA) is 81.9 Å². The van der Waals surface area contributed by atoms with E-state index in [-0.39, 0.29) is 12.2 Å². The number of anilines is 1. The molecule has 114 valence electrons. The number of fused-ring (bicyclic) bond motifs is 1. The van der Waals surface area contributed by atoms with Crippen LogP contribution in [-0.2, 0) is 9.53 Å². The minimum atomic E-state index is -0.772. The lowest BCUT2D eigenvalue weighted by Gasteiger charge is -2.27. The number of benzene rings is 1. The molecule has 0 bridgehead atoms. The van der Waals surface area contributed by atoms with Crippen molar-refractivity contribution < 1.29 is 13.9 Å². The molecule has 1 N–H and O–H groups in total. The summed E-state index contributed by atoms with van der Waals surface area (Å²) in [6.45, 7) is 3.64. The fourth-order valence-corrected chi connectivity index (χ4v) is 2.47. The van der Waals surface area contributed by atoms with Crippen molar-refractivity contribution in [1.82, 2.24) is 20.2 Å². The van der Waals surface area contributed by atoms with Crippen molar-refractivity contribution in [1.29, 1.82) is 0 Å². The number of nitrogens with one attached hydrogen (secondary N) is 1. The van der Waals surface area contributed by atoms with Gasteiger partial charge in [-0.05, 0) is 30.3 Å². The van der Waals surface area contributed by atoms with Gasteiger partial charge in [0.05, 0.1) is 12.2 Å². The second-order valence-corrected chi connectivity index (χ2v) is 4.76. The summed E-state index contributed by atoms with van der Waals surface area (Å²) in [5.74, 6) is -0.619. The number of esters is 1. The fraction of sp³-hybridized carbons (Fsp3) is 0.286. The second kappa shape index (κ2) is 5.55. The molecule has 0 unspecified atom stereocenters. The molecule has 1 aliphatic rings. The van der Waals surface area contributed by atoms with Crippen LogP contribution in [0.5, 0.6) is 0 Å². The summed E-state index contributed by atoms with van der Waals surface area (Å²) in [6, 6.07) is 5.44. The lowest BCUT2D eigenvalue weighted by atomic mass is 9.95. The number of nitrogens with zero attached hydrogens (tertiary/aromatic N) is 4. The van der Waals surface area contributed by atoms with Crippen LogP contribution >= 0.6 is 0 Å². The van der Waals surface area contributed by atoms with E-state index in [9.17, 15) is 9.18 Å². The van der Waals surface area contributed by atoms with Gasteiger partial charge in [-0.3, -0.25) is 0 Å². The van der Waals surface area contributed by atoms with Crippen LogP contribution in [0.4, 0.5) is 10.3 Å². The van der Waals surface area contributed by atoms with E-state index in [1.54, 1.807) is 32.0 Å². The third kappa shape index (κ3) is 2.22. The first kappa shape index (κ1) is 14.2.